The van der Waals surface area contributed by atoms with E-state index in [2.05, 4.69) is 21.3 Å². The summed E-state index contributed by atoms with van der Waals surface area (Å²) in [7, 11) is 0. The topological polar surface area (TPSA) is 161 Å². The molecule has 1 saturated heterocycles. The molecule has 5 atom stereocenters. The van der Waals surface area contributed by atoms with Crippen LogP contribution in [0.15, 0.2) is 42.5 Å². The van der Waals surface area contributed by atoms with Gasteiger partial charge in [-0.1, -0.05) is 50.3 Å². The Kier molecular flexibility index (Phi) is 14.2. The molecule has 2 aliphatic rings. The van der Waals surface area contributed by atoms with Crippen molar-refractivity contribution in [3.63, 3.8) is 0 Å². The number of amides is 4. The van der Waals surface area contributed by atoms with Crippen LogP contribution in [0.3, 0.4) is 0 Å². The number of hydrogen-bond donors (Lipinski definition) is 4. The first-order valence-corrected chi connectivity index (χ1v) is 16.6. The lowest BCUT2D eigenvalue weighted by molar-refractivity contribution is -0.138. The largest absolute Gasteiger partial charge is 0.462 e. The highest BCUT2D eigenvalue weighted by molar-refractivity contribution is 5.92. The van der Waals surface area contributed by atoms with Crippen LogP contribution < -0.4 is 21.3 Å². The molecule has 0 aromatic heterocycles. The molecule has 3 rings (SSSR count). The molecule has 1 aliphatic carbocycles. The highest BCUT2D eigenvalue weighted by Gasteiger charge is 2.35. The Morgan fingerprint density at radius 1 is 0.957 bits per heavy atom. The van der Waals surface area contributed by atoms with E-state index < -0.39 is 53.7 Å². The number of rotatable bonds is 17. The predicted molar refractivity (Wildman–Crippen MR) is 176 cm³/mol. The van der Waals surface area contributed by atoms with E-state index in [0.29, 0.717) is 31.9 Å². The molecule has 1 saturated carbocycles. The zero-order valence-electron chi connectivity index (χ0n) is 28.5. The molecule has 12 heteroatoms. The van der Waals surface area contributed by atoms with Crippen LogP contribution in [0.25, 0.3) is 0 Å². The summed E-state index contributed by atoms with van der Waals surface area (Å²) in [6.07, 6.45) is 4.50. The van der Waals surface area contributed by atoms with E-state index in [-0.39, 0.29) is 30.8 Å². The van der Waals surface area contributed by atoms with Gasteiger partial charge in [-0.3, -0.25) is 14.4 Å². The maximum atomic E-state index is 13.8. The van der Waals surface area contributed by atoms with Gasteiger partial charge in [-0.05, 0) is 77.2 Å². The quantitative estimate of drug-likeness (QED) is 0.146. The SMILES string of the molecule is CC(C)C[C@H](NC(=O)[C@@H](NC(=O)OCc1ccccc1)C(C)OC(C)(C)C)C(=O)N[C@H](C=CC(=O)OCC1CC1)CC1CCNC1=O. The van der Waals surface area contributed by atoms with Crippen molar-refractivity contribution in [2.75, 3.05) is 13.2 Å². The second kappa shape index (κ2) is 17.8. The summed E-state index contributed by atoms with van der Waals surface area (Å²) in [6.45, 7) is 11.9. The van der Waals surface area contributed by atoms with Gasteiger partial charge in [0.25, 0.3) is 0 Å². The van der Waals surface area contributed by atoms with Crippen LogP contribution in [-0.4, -0.2) is 72.8 Å². The highest BCUT2D eigenvalue weighted by Crippen LogP contribution is 2.28. The van der Waals surface area contributed by atoms with Crippen LogP contribution in [-0.2, 0) is 40.0 Å². The monoisotopic (exact) mass is 656 g/mol. The summed E-state index contributed by atoms with van der Waals surface area (Å²) in [6, 6.07) is 6.32. The van der Waals surface area contributed by atoms with Crippen molar-refractivity contribution in [1.82, 2.24) is 21.3 Å². The van der Waals surface area contributed by atoms with Gasteiger partial charge in [-0.15, -0.1) is 0 Å². The number of carbonyl (C=O) groups excluding carboxylic acids is 5. The first-order valence-electron chi connectivity index (χ1n) is 16.6. The zero-order chi connectivity index (χ0) is 34.6. The molecule has 0 radical (unpaired) electrons. The van der Waals surface area contributed by atoms with Gasteiger partial charge in [-0.2, -0.15) is 0 Å². The molecule has 4 amide bonds. The number of nitrogens with one attached hydrogen (secondary N) is 4. The molecule has 47 heavy (non-hydrogen) atoms. The lowest BCUT2D eigenvalue weighted by atomic mass is 9.96. The Hall–Kier alpha value is -3.93. The van der Waals surface area contributed by atoms with E-state index in [1.165, 1.54) is 6.08 Å². The molecule has 0 bridgehead atoms. The van der Waals surface area contributed by atoms with E-state index in [1.54, 1.807) is 13.0 Å². The van der Waals surface area contributed by atoms with Gasteiger partial charge < -0.3 is 35.5 Å². The predicted octanol–water partition coefficient (Wildman–Crippen LogP) is 3.54. The van der Waals surface area contributed by atoms with Gasteiger partial charge in [0.05, 0.1) is 18.3 Å². The molecule has 1 heterocycles. The van der Waals surface area contributed by atoms with Crippen LogP contribution in [0.4, 0.5) is 4.79 Å². The molecule has 260 valence electrons. The molecule has 4 N–H and O–H groups in total. The van der Waals surface area contributed by atoms with Crippen LogP contribution in [0.1, 0.15) is 79.2 Å². The summed E-state index contributed by atoms with van der Waals surface area (Å²) >= 11 is 0. The summed E-state index contributed by atoms with van der Waals surface area (Å²) in [5, 5.41) is 11.2. The fourth-order valence-electron chi connectivity index (χ4n) is 5.25. The van der Waals surface area contributed by atoms with Gasteiger partial charge >= 0.3 is 12.1 Å². The van der Waals surface area contributed by atoms with Crippen molar-refractivity contribution in [2.24, 2.45) is 17.8 Å². The van der Waals surface area contributed by atoms with Gasteiger partial charge in [0.15, 0.2) is 0 Å². The first kappa shape index (κ1) is 37.5. The summed E-state index contributed by atoms with van der Waals surface area (Å²) in [5.41, 5.74) is 0.153. The lowest BCUT2D eigenvalue weighted by Crippen LogP contribution is -2.59. The van der Waals surface area contributed by atoms with Crippen LogP contribution in [0.5, 0.6) is 0 Å². The maximum absolute atomic E-state index is 13.8. The van der Waals surface area contributed by atoms with E-state index >= 15 is 0 Å². The smallest absolute Gasteiger partial charge is 0.408 e. The van der Waals surface area contributed by atoms with Crippen molar-refractivity contribution in [3.05, 3.63) is 48.0 Å². The molecular weight excluding hydrogens is 604 g/mol. The van der Waals surface area contributed by atoms with E-state index in [4.69, 9.17) is 14.2 Å². The number of esters is 1. The fraction of sp³-hybridized carbons (Fsp3) is 0.629. The fourth-order valence-corrected chi connectivity index (χ4v) is 5.25. The standard InChI is InChI=1S/C35H52N4O8/c1-22(2)18-28(32(42)37-27(19-26-16-17-36-31(26)41)14-15-29(40)45-20-25-12-13-25)38-33(43)30(23(3)47-35(4,5)6)39-34(44)46-21-24-10-8-7-9-11-24/h7-11,14-15,22-23,25-28,30H,12-13,16-21H2,1-6H3,(H,36,41)(H,37,42)(H,38,43)(H,39,44)/t23?,26?,27-,28+,30+/m1/s1. The van der Waals surface area contributed by atoms with Crippen LogP contribution in [0, 0.1) is 17.8 Å². The van der Waals surface area contributed by atoms with E-state index in [9.17, 15) is 24.0 Å². The Morgan fingerprint density at radius 2 is 1.66 bits per heavy atom. The van der Waals surface area contributed by atoms with Gasteiger partial charge in [0.2, 0.25) is 17.7 Å². The van der Waals surface area contributed by atoms with Gasteiger partial charge in [0.1, 0.15) is 18.7 Å². The Bertz CT molecular complexity index is 1240. The van der Waals surface area contributed by atoms with Gasteiger partial charge in [-0.25, -0.2) is 9.59 Å². The second-order valence-electron chi connectivity index (χ2n) is 13.9. The van der Waals surface area contributed by atoms with Crippen molar-refractivity contribution >= 4 is 29.8 Å². The molecule has 2 unspecified atom stereocenters. The second-order valence-corrected chi connectivity index (χ2v) is 13.9. The third-order valence-electron chi connectivity index (χ3n) is 7.77. The highest BCUT2D eigenvalue weighted by atomic mass is 16.6. The molecular formula is C35H52N4O8. The average Bonchev–Trinajstić information content (AvgIpc) is 3.75. The minimum absolute atomic E-state index is 0.00987. The first-order chi connectivity index (χ1) is 22.2. The van der Waals surface area contributed by atoms with E-state index in [0.717, 1.165) is 18.4 Å². The molecule has 0 spiro atoms. The Labute approximate surface area is 278 Å². The summed E-state index contributed by atoms with van der Waals surface area (Å²) in [5.74, 6) is -1.64. The third-order valence-corrected chi connectivity index (χ3v) is 7.77. The summed E-state index contributed by atoms with van der Waals surface area (Å²) < 4.78 is 16.7. The average molecular weight is 657 g/mol. The molecule has 1 aromatic carbocycles. The van der Waals surface area contributed by atoms with Gasteiger partial charge in [0, 0.05) is 24.6 Å². The van der Waals surface area contributed by atoms with E-state index in [1.807, 2.05) is 65.0 Å². The normalized spacial score (nSPS) is 19.0. The number of carbonyl (C=O) groups is 5. The lowest BCUT2D eigenvalue weighted by Gasteiger charge is -2.32. The molecule has 1 aromatic rings. The minimum atomic E-state index is -1.18. The van der Waals surface area contributed by atoms with Crippen molar-refractivity contribution < 1.29 is 38.2 Å². The van der Waals surface area contributed by atoms with Crippen LogP contribution in [0.2, 0.25) is 0 Å². The zero-order valence-corrected chi connectivity index (χ0v) is 28.5. The van der Waals surface area contributed by atoms with Crippen molar-refractivity contribution in [2.45, 2.75) is 110 Å². The third kappa shape index (κ3) is 14.2. The maximum Gasteiger partial charge on any atom is 0.408 e. The Balaban J connectivity index is 1.73. The molecule has 2 fully saturated rings. The number of hydrogen-bond acceptors (Lipinski definition) is 8. The number of benzene rings is 1. The van der Waals surface area contributed by atoms with Crippen LogP contribution >= 0.6 is 0 Å². The number of alkyl carbamates (subject to hydrolysis) is 1. The minimum Gasteiger partial charge on any atom is -0.462 e. The molecule has 12 nitrogen and oxygen atoms in total. The summed E-state index contributed by atoms with van der Waals surface area (Å²) in [4.78, 5) is 65.0. The number of ether oxygens (including phenoxy) is 3. The molecule has 1 aliphatic heterocycles. The van der Waals surface area contributed by atoms with Crippen molar-refractivity contribution in [1.29, 1.82) is 0 Å². The van der Waals surface area contributed by atoms with Crippen molar-refractivity contribution in [3.8, 4) is 0 Å². The Morgan fingerprint density at radius 3 is 2.26 bits per heavy atom.